The summed E-state index contributed by atoms with van der Waals surface area (Å²) < 4.78 is 26.0. The molecule has 6 nitrogen and oxygen atoms in total. The third-order valence-electron chi connectivity index (χ3n) is 2.11. The lowest BCUT2D eigenvalue weighted by molar-refractivity contribution is 0.578. The molecule has 1 rings (SSSR count). The van der Waals surface area contributed by atoms with E-state index >= 15 is 0 Å². The van der Waals surface area contributed by atoms with Crippen molar-refractivity contribution >= 4 is 10.0 Å². The average molecular weight is 246 g/mol. The van der Waals surface area contributed by atoms with E-state index in [2.05, 4.69) is 21.9 Å². The third kappa shape index (κ3) is 4.73. The van der Waals surface area contributed by atoms with E-state index in [1.165, 1.54) is 0 Å². The first kappa shape index (κ1) is 13.1. The number of nitrogens with one attached hydrogen (secondary N) is 2. The highest BCUT2D eigenvalue weighted by Gasteiger charge is 2.00. The second-order valence-corrected chi connectivity index (χ2v) is 5.35. The summed E-state index contributed by atoms with van der Waals surface area (Å²) in [6.07, 6.45) is 4.74. The van der Waals surface area contributed by atoms with Gasteiger partial charge in [0.15, 0.2) is 0 Å². The number of rotatable bonds is 7. The van der Waals surface area contributed by atoms with Gasteiger partial charge >= 0.3 is 0 Å². The summed E-state index contributed by atoms with van der Waals surface area (Å²) in [5.41, 5.74) is 1.10. The molecular weight excluding hydrogens is 228 g/mol. The van der Waals surface area contributed by atoms with E-state index in [-0.39, 0.29) is 0 Å². The molecule has 1 heterocycles. The molecule has 0 unspecified atom stereocenters. The Kier molecular flexibility index (Phi) is 4.91. The Morgan fingerprint density at radius 2 is 2.19 bits per heavy atom. The van der Waals surface area contributed by atoms with Gasteiger partial charge in [-0.3, -0.25) is 0 Å². The van der Waals surface area contributed by atoms with Crippen LogP contribution >= 0.6 is 0 Å². The first-order valence-corrected chi connectivity index (χ1v) is 7.06. The Hall–Kier alpha value is -0.920. The summed E-state index contributed by atoms with van der Waals surface area (Å²) in [4.78, 5) is 4.04. The summed E-state index contributed by atoms with van der Waals surface area (Å²) in [6.45, 7) is 4.63. The predicted molar refractivity (Wildman–Crippen MR) is 62.5 cm³/mol. The largest absolute Gasteiger partial charge is 0.334 e. The molecule has 92 valence electrons. The van der Waals surface area contributed by atoms with Gasteiger partial charge in [-0.2, -0.15) is 0 Å². The maximum Gasteiger partial charge on any atom is 0.208 e. The van der Waals surface area contributed by atoms with Crippen molar-refractivity contribution in [1.29, 1.82) is 0 Å². The molecule has 0 saturated heterocycles. The van der Waals surface area contributed by atoms with E-state index in [0.717, 1.165) is 18.5 Å². The average Bonchev–Trinajstić information content (AvgIpc) is 2.63. The molecule has 16 heavy (non-hydrogen) atoms. The molecule has 0 bridgehead atoms. The summed E-state index contributed by atoms with van der Waals surface area (Å²) in [5, 5.41) is 3.15. The van der Waals surface area contributed by atoms with Gasteiger partial charge in [0.05, 0.1) is 18.3 Å². The Bertz CT molecular complexity index is 413. The van der Waals surface area contributed by atoms with E-state index < -0.39 is 10.0 Å². The number of imidazole rings is 1. The fourth-order valence-corrected chi connectivity index (χ4v) is 1.79. The van der Waals surface area contributed by atoms with E-state index in [1.54, 1.807) is 12.5 Å². The van der Waals surface area contributed by atoms with Crippen molar-refractivity contribution in [1.82, 2.24) is 19.6 Å². The molecule has 0 amide bonds. The molecule has 2 N–H and O–H groups in total. The van der Waals surface area contributed by atoms with Crippen LogP contribution in [0.4, 0.5) is 0 Å². The summed E-state index contributed by atoms with van der Waals surface area (Å²) >= 11 is 0. The number of nitrogens with zero attached hydrogens (tertiary/aromatic N) is 2. The quantitative estimate of drug-likeness (QED) is 0.638. The van der Waals surface area contributed by atoms with Crippen molar-refractivity contribution < 1.29 is 8.42 Å². The molecular formula is C9H18N4O2S. The van der Waals surface area contributed by atoms with Crippen molar-refractivity contribution in [2.45, 2.75) is 20.0 Å². The zero-order valence-electron chi connectivity index (χ0n) is 9.60. The summed E-state index contributed by atoms with van der Waals surface area (Å²) in [7, 11) is -3.08. The van der Waals surface area contributed by atoms with Gasteiger partial charge in [-0.05, 0) is 6.92 Å². The van der Waals surface area contributed by atoms with Gasteiger partial charge in [0.1, 0.15) is 0 Å². The fraction of sp³-hybridized carbons (Fsp3) is 0.667. The number of sulfonamides is 1. The lowest BCUT2D eigenvalue weighted by atomic mass is 10.4. The van der Waals surface area contributed by atoms with Crippen molar-refractivity contribution in [2.24, 2.45) is 0 Å². The van der Waals surface area contributed by atoms with Gasteiger partial charge in [-0.1, -0.05) is 0 Å². The van der Waals surface area contributed by atoms with Crippen LogP contribution in [0.15, 0.2) is 12.5 Å². The lowest BCUT2D eigenvalue weighted by Crippen LogP contribution is -2.31. The second kappa shape index (κ2) is 5.97. The van der Waals surface area contributed by atoms with E-state index in [1.807, 2.05) is 4.57 Å². The van der Waals surface area contributed by atoms with Crippen LogP contribution in [0.5, 0.6) is 0 Å². The van der Waals surface area contributed by atoms with Crippen LogP contribution in [0.25, 0.3) is 0 Å². The molecule has 1 aromatic rings. The van der Waals surface area contributed by atoms with Crippen LogP contribution in [-0.2, 0) is 23.1 Å². The molecule has 0 fully saturated rings. The number of aromatic nitrogens is 2. The molecule has 0 atom stereocenters. The van der Waals surface area contributed by atoms with Crippen molar-refractivity contribution in [3.05, 3.63) is 18.2 Å². The van der Waals surface area contributed by atoms with Crippen LogP contribution < -0.4 is 10.0 Å². The summed E-state index contributed by atoms with van der Waals surface area (Å²) in [5.74, 6) is 0. The van der Waals surface area contributed by atoms with Crippen LogP contribution in [0, 0.1) is 0 Å². The molecule has 1 aromatic heterocycles. The summed E-state index contributed by atoms with van der Waals surface area (Å²) in [6, 6.07) is 0. The van der Waals surface area contributed by atoms with Gasteiger partial charge in [0.2, 0.25) is 10.0 Å². The smallest absolute Gasteiger partial charge is 0.208 e. The van der Waals surface area contributed by atoms with Crippen molar-refractivity contribution in [2.75, 3.05) is 19.3 Å². The number of hydrogen-bond donors (Lipinski definition) is 2. The molecule has 0 radical (unpaired) electrons. The zero-order chi connectivity index (χ0) is 12.0. The Balaban J connectivity index is 2.21. The Morgan fingerprint density at radius 3 is 2.81 bits per heavy atom. The molecule has 0 aliphatic carbocycles. The minimum absolute atomic E-state index is 0.402. The van der Waals surface area contributed by atoms with Gasteiger partial charge < -0.3 is 9.88 Å². The molecule has 0 aliphatic heterocycles. The molecule has 0 aliphatic rings. The minimum Gasteiger partial charge on any atom is -0.334 e. The standard InChI is InChI=1S/C9H18N4O2S/c1-3-13-8-11-7-9(13)6-10-4-5-12-16(2,14)15/h7-8,10,12H,3-6H2,1-2H3. The van der Waals surface area contributed by atoms with E-state index in [4.69, 9.17) is 0 Å². The van der Waals surface area contributed by atoms with Crippen molar-refractivity contribution in [3.63, 3.8) is 0 Å². The highest BCUT2D eigenvalue weighted by atomic mass is 32.2. The molecule has 7 heteroatoms. The van der Waals surface area contributed by atoms with Crippen LogP contribution in [-0.4, -0.2) is 37.3 Å². The number of hydrogen-bond acceptors (Lipinski definition) is 4. The first-order chi connectivity index (χ1) is 7.53. The van der Waals surface area contributed by atoms with E-state index in [0.29, 0.717) is 19.6 Å². The topological polar surface area (TPSA) is 76.0 Å². The van der Waals surface area contributed by atoms with E-state index in [9.17, 15) is 8.42 Å². The maximum atomic E-state index is 10.8. The first-order valence-electron chi connectivity index (χ1n) is 5.17. The monoisotopic (exact) mass is 246 g/mol. The van der Waals surface area contributed by atoms with Gasteiger partial charge in [0, 0.05) is 32.4 Å². The highest BCUT2D eigenvalue weighted by Crippen LogP contribution is 1.97. The third-order valence-corrected chi connectivity index (χ3v) is 2.84. The zero-order valence-corrected chi connectivity index (χ0v) is 10.4. The lowest BCUT2D eigenvalue weighted by Gasteiger charge is -2.07. The highest BCUT2D eigenvalue weighted by molar-refractivity contribution is 7.88. The molecule has 0 aromatic carbocycles. The van der Waals surface area contributed by atoms with Crippen LogP contribution in [0.3, 0.4) is 0 Å². The predicted octanol–water partition coefficient (Wildman–Crippen LogP) is -0.458. The Labute approximate surface area is 96.1 Å². The van der Waals surface area contributed by atoms with Crippen molar-refractivity contribution in [3.8, 4) is 0 Å². The molecule has 0 spiro atoms. The second-order valence-electron chi connectivity index (χ2n) is 3.51. The van der Waals surface area contributed by atoms with Gasteiger partial charge in [-0.25, -0.2) is 18.1 Å². The minimum atomic E-state index is -3.08. The van der Waals surface area contributed by atoms with Gasteiger partial charge in [0.25, 0.3) is 0 Å². The maximum absolute atomic E-state index is 10.8. The SMILES string of the molecule is CCn1cncc1CNCCNS(C)(=O)=O. The molecule has 0 saturated carbocycles. The fourth-order valence-electron chi connectivity index (χ4n) is 1.32. The normalized spacial score (nSPS) is 11.9. The number of aryl methyl sites for hydroxylation is 1. The van der Waals surface area contributed by atoms with Crippen LogP contribution in [0.2, 0.25) is 0 Å². The van der Waals surface area contributed by atoms with Crippen LogP contribution in [0.1, 0.15) is 12.6 Å². The van der Waals surface area contributed by atoms with Gasteiger partial charge in [-0.15, -0.1) is 0 Å². The Morgan fingerprint density at radius 1 is 1.44 bits per heavy atom.